The van der Waals surface area contributed by atoms with Gasteiger partial charge in [0.15, 0.2) is 0 Å². The lowest BCUT2D eigenvalue weighted by Crippen LogP contribution is -2.30. The van der Waals surface area contributed by atoms with Gasteiger partial charge in [-0.05, 0) is 61.4 Å². The summed E-state index contributed by atoms with van der Waals surface area (Å²) < 4.78 is 0.873. The number of aryl methyl sites for hydroxylation is 2. The van der Waals surface area contributed by atoms with Crippen LogP contribution in [0.3, 0.4) is 0 Å². The van der Waals surface area contributed by atoms with E-state index < -0.39 is 17.7 Å². The van der Waals surface area contributed by atoms with Gasteiger partial charge in [-0.2, -0.15) is 0 Å². The fourth-order valence-electron chi connectivity index (χ4n) is 4.04. The summed E-state index contributed by atoms with van der Waals surface area (Å²) in [4.78, 5) is 39.8. The number of H-pyrrole nitrogens is 1. The number of anilines is 1. The molecule has 3 heterocycles. The second kappa shape index (κ2) is 7.97. The molecule has 0 spiro atoms. The molecule has 1 amide bonds. The number of carbonyl (C=O) groups excluding carboxylic acids is 2. The van der Waals surface area contributed by atoms with Crippen molar-refractivity contribution < 1.29 is 14.7 Å². The summed E-state index contributed by atoms with van der Waals surface area (Å²) in [7, 11) is 0. The second-order valence-corrected chi connectivity index (χ2v) is 8.82. The van der Waals surface area contributed by atoms with Gasteiger partial charge in [-0.15, -0.1) is 0 Å². The van der Waals surface area contributed by atoms with Gasteiger partial charge in [0.2, 0.25) is 5.95 Å². The van der Waals surface area contributed by atoms with E-state index in [-0.39, 0.29) is 17.3 Å². The van der Waals surface area contributed by atoms with Crippen LogP contribution in [0.2, 0.25) is 0 Å². The Balaban J connectivity index is 1.73. The number of aromatic amines is 1. The Hall–Kier alpha value is -3.78. The largest absolute Gasteiger partial charge is 0.507 e. The average molecular weight is 503 g/mol. The molecule has 7 nitrogen and oxygen atoms in total. The van der Waals surface area contributed by atoms with E-state index in [9.17, 15) is 14.7 Å². The quantitative estimate of drug-likeness (QED) is 0.234. The summed E-state index contributed by atoms with van der Waals surface area (Å²) in [6, 6.07) is 15.2. The van der Waals surface area contributed by atoms with Crippen molar-refractivity contribution in [3.63, 3.8) is 0 Å². The molecule has 164 valence electrons. The van der Waals surface area contributed by atoms with Gasteiger partial charge in [-0.25, -0.2) is 4.98 Å². The van der Waals surface area contributed by atoms with E-state index in [1.165, 1.54) is 4.90 Å². The Morgan fingerprint density at radius 3 is 2.64 bits per heavy atom. The normalized spacial score (nSPS) is 17.8. The lowest BCUT2D eigenvalue weighted by Gasteiger charge is -2.22. The molecule has 8 heteroatoms. The standard InChI is InChI=1S/C25H19BrN4O3/c1-13-6-9-17-19(11-13)29-25(28-17)30-21(18-5-3-4-10-27-18)20(23(32)24(30)33)22(31)15-7-8-16(26)14(2)12-15/h3-12,21,31H,1-2H3,(H,28,29)/b22-20+. The first-order chi connectivity index (χ1) is 15.8. The number of hydrogen-bond donors (Lipinski definition) is 2. The van der Waals surface area contributed by atoms with Crippen LogP contribution in [-0.4, -0.2) is 31.7 Å². The van der Waals surface area contributed by atoms with Crippen molar-refractivity contribution >= 4 is 50.4 Å². The Labute approximate surface area is 197 Å². The summed E-state index contributed by atoms with van der Waals surface area (Å²) in [6.45, 7) is 3.84. The van der Waals surface area contributed by atoms with Crippen LogP contribution in [0.15, 0.2) is 70.8 Å². The van der Waals surface area contributed by atoms with E-state index in [2.05, 4.69) is 30.9 Å². The Morgan fingerprint density at radius 2 is 1.91 bits per heavy atom. The van der Waals surface area contributed by atoms with Gasteiger partial charge < -0.3 is 10.1 Å². The minimum absolute atomic E-state index is 0.0305. The smallest absolute Gasteiger partial charge is 0.302 e. The number of imidazole rings is 1. The van der Waals surface area contributed by atoms with E-state index in [0.717, 1.165) is 21.1 Å². The molecule has 2 aromatic carbocycles. The van der Waals surface area contributed by atoms with Crippen molar-refractivity contribution in [3.8, 4) is 0 Å². The molecular formula is C25H19BrN4O3. The van der Waals surface area contributed by atoms with Crippen molar-refractivity contribution in [2.24, 2.45) is 0 Å². The molecule has 2 N–H and O–H groups in total. The molecule has 2 aromatic heterocycles. The predicted octanol–water partition coefficient (Wildman–Crippen LogP) is 4.96. The van der Waals surface area contributed by atoms with Crippen LogP contribution in [0.25, 0.3) is 16.8 Å². The molecule has 0 saturated carbocycles. The first-order valence-corrected chi connectivity index (χ1v) is 11.1. The van der Waals surface area contributed by atoms with Crippen molar-refractivity contribution in [1.29, 1.82) is 0 Å². The Bertz CT molecular complexity index is 1460. The highest BCUT2D eigenvalue weighted by atomic mass is 79.9. The Kier molecular flexibility index (Phi) is 5.09. The average Bonchev–Trinajstić information content (AvgIpc) is 3.33. The predicted molar refractivity (Wildman–Crippen MR) is 129 cm³/mol. The van der Waals surface area contributed by atoms with Crippen molar-refractivity contribution in [2.75, 3.05) is 4.90 Å². The van der Waals surface area contributed by atoms with Gasteiger partial charge in [0.05, 0.1) is 22.3 Å². The molecule has 1 aliphatic rings. The number of pyridine rings is 1. The summed E-state index contributed by atoms with van der Waals surface area (Å²) in [5, 5.41) is 11.2. The van der Waals surface area contributed by atoms with E-state index in [0.29, 0.717) is 16.8 Å². The summed E-state index contributed by atoms with van der Waals surface area (Å²) in [5.41, 5.74) is 4.19. The number of halogens is 1. The maximum atomic E-state index is 13.2. The fraction of sp³-hybridized carbons (Fsp3) is 0.120. The molecule has 4 aromatic rings. The highest BCUT2D eigenvalue weighted by Gasteiger charge is 2.48. The number of carbonyl (C=O) groups is 2. The third-order valence-corrected chi connectivity index (χ3v) is 6.59. The number of aromatic nitrogens is 3. The maximum Gasteiger partial charge on any atom is 0.302 e. The highest BCUT2D eigenvalue weighted by molar-refractivity contribution is 9.10. The molecule has 1 unspecified atom stereocenters. The van der Waals surface area contributed by atoms with E-state index >= 15 is 0 Å². The molecule has 0 aliphatic carbocycles. The summed E-state index contributed by atoms with van der Waals surface area (Å²) in [5.74, 6) is -1.61. The number of hydrogen-bond acceptors (Lipinski definition) is 5. The lowest BCUT2D eigenvalue weighted by molar-refractivity contribution is -0.132. The SMILES string of the molecule is Cc1ccc2nc(N3C(=O)C(=O)/C(=C(/O)c4ccc(Br)c(C)c4)C3c3ccccn3)[nH]c2c1. The number of Topliss-reactive ketones (excluding diaryl/α,β-unsaturated/α-hetero) is 1. The van der Waals surface area contributed by atoms with Crippen molar-refractivity contribution in [3.05, 3.63) is 93.2 Å². The topological polar surface area (TPSA) is 99.2 Å². The van der Waals surface area contributed by atoms with Crippen LogP contribution in [0.5, 0.6) is 0 Å². The molecule has 1 fully saturated rings. The van der Waals surface area contributed by atoms with Crippen molar-refractivity contribution in [1.82, 2.24) is 15.0 Å². The molecule has 0 radical (unpaired) electrons. The van der Waals surface area contributed by atoms with E-state index in [1.807, 2.05) is 32.0 Å². The van der Waals surface area contributed by atoms with Crippen LogP contribution < -0.4 is 4.90 Å². The number of nitrogens with one attached hydrogen (secondary N) is 1. The molecule has 5 rings (SSSR count). The van der Waals surface area contributed by atoms with Crippen LogP contribution in [0, 0.1) is 13.8 Å². The number of amides is 1. The molecule has 1 saturated heterocycles. The Morgan fingerprint density at radius 1 is 1.09 bits per heavy atom. The number of rotatable bonds is 3. The fourth-order valence-corrected chi connectivity index (χ4v) is 4.29. The van der Waals surface area contributed by atoms with Gasteiger partial charge in [0.1, 0.15) is 11.8 Å². The van der Waals surface area contributed by atoms with Gasteiger partial charge in [-0.1, -0.05) is 34.1 Å². The number of fused-ring (bicyclic) bond motifs is 1. The number of aliphatic hydroxyl groups excluding tert-OH is 1. The van der Waals surface area contributed by atoms with Gasteiger partial charge in [0.25, 0.3) is 5.78 Å². The number of nitrogens with zero attached hydrogens (tertiary/aromatic N) is 3. The first-order valence-electron chi connectivity index (χ1n) is 10.3. The molecule has 1 aliphatic heterocycles. The van der Waals surface area contributed by atoms with Gasteiger partial charge in [-0.3, -0.25) is 19.5 Å². The molecule has 0 bridgehead atoms. The van der Waals surface area contributed by atoms with Crippen LogP contribution >= 0.6 is 15.9 Å². The zero-order valence-electron chi connectivity index (χ0n) is 17.8. The second-order valence-electron chi connectivity index (χ2n) is 7.97. The minimum Gasteiger partial charge on any atom is -0.507 e. The zero-order valence-corrected chi connectivity index (χ0v) is 19.4. The van der Waals surface area contributed by atoms with E-state index in [1.54, 1.807) is 42.6 Å². The zero-order chi connectivity index (χ0) is 23.3. The van der Waals surface area contributed by atoms with Gasteiger partial charge in [0, 0.05) is 16.2 Å². The van der Waals surface area contributed by atoms with E-state index in [4.69, 9.17) is 0 Å². The summed E-state index contributed by atoms with van der Waals surface area (Å²) in [6.07, 6.45) is 1.58. The third kappa shape index (κ3) is 3.52. The first kappa shape index (κ1) is 21.1. The molecular weight excluding hydrogens is 484 g/mol. The number of ketones is 1. The van der Waals surface area contributed by atoms with Crippen LogP contribution in [0.4, 0.5) is 5.95 Å². The summed E-state index contributed by atoms with van der Waals surface area (Å²) >= 11 is 3.44. The molecule has 33 heavy (non-hydrogen) atoms. The monoisotopic (exact) mass is 502 g/mol. The van der Waals surface area contributed by atoms with Crippen LogP contribution in [-0.2, 0) is 9.59 Å². The maximum absolute atomic E-state index is 13.2. The van der Waals surface area contributed by atoms with Gasteiger partial charge >= 0.3 is 5.91 Å². The van der Waals surface area contributed by atoms with Crippen LogP contribution in [0.1, 0.15) is 28.4 Å². The third-order valence-electron chi connectivity index (χ3n) is 5.70. The highest BCUT2D eigenvalue weighted by Crippen LogP contribution is 2.41. The molecule has 1 atom stereocenters. The number of benzene rings is 2. The minimum atomic E-state index is -0.934. The lowest BCUT2D eigenvalue weighted by atomic mass is 9.98. The number of aliphatic hydroxyl groups is 1. The van der Waals surface area contributed by atoms with Crippen molar-refractivity contribution in [2.45, 2.75) is 19.9 Å².